The van der Waals surface area contributed by atoms with Gasteiger partial charge in [0.25, 0.3) is 0 Å². The third kappa shape index (κ3) is 7.02. The normalized spacial score (nSPS) is 17.9. The maximum Gasteiger partial charge on any atom is 0.407 e. The smallest absolute Gasteiger partial charge is 0.407 e. The Bertz CT molecular complexity index is 1580. The number of ether oxygens (including phenoxy) is 2. The van der Waals surface area contributed by atoms with Crippen LogP contribution in [0.4, 0.5) is 9.59 Å². The highest BCUT2D eigenvalue weighted by Gasteiger charge is 2.41. The summed E-state index contributed by atoms with van der Waals surface area (Å²) in [5.41, 5.74) is 5.49. The molecule has 6 rings (SSSR count). The van der Waals surface area contributed by atoms with Gasteiger partial charge in [0.05, 0.1) is 0 Å². The summed E-state index contributed by atoms with van der Waals surface area (Å²) in [5.74, 6) is 0.294. The Balaban J connectivity index is 1.10. The lowest BCUT2D eigenvalue weighted by atomic mass is 9.98. The maximum atomic E-state index is 13.2. The van der Waals surface area contributed by atoms with Gasteiger partial charge in [0.15, 0.2) is 0 Å². The van der Waals surface area contributed by atoms with Gasteiger partial charge in [0.1, 0.15) is 12.2 Å². The fraction of sp³-hybridized carbons (Fsp3) is 0.351. The molecular weight excluding hydrogens is 536 g/mol. The van der Waals surface area contributed by atoms with Gasteiger partial charge in [-0.05, 0) is 91.0 Å². The number of rotatable bonds is 9. The van der Waals surface area contributed by atoms with Crippen LogP contribution in [0.5, 0.6) is 0 Å². The molecule has 0 heterocycles. The highest BCUT2D eigenvalue weighted by atomic mass is 16.6. The van der Waals surface area contributed by atoms with Crippen molar-refractivity contribution in [1.29, 1.82) is 0 Å². The summed E-state index contributed by atoms with van der Waals surface area (Å²) in [4.78, 5) is 25.5. The molecule has 0 aromatic heterocycles. The molecule has 0 bridgehead atoms. The van der Waals surface area contributed by atoms with Crippen molar-refractivity contribution in [2.45, 2.75) is 70.1 Å². The largest absolute Gasteiger partial charge is 0.449 e. The molecule has 3 atom stereocenters. The zero-order valence-electron chi connectivity index (χ0n) is 25.1. The summed E-state index contributed by atoms with van der Waals surface area (Å²) in [5, 5.41) is 8.59. The molecule has 0 saturated heterocycles. The Kier molecular flexibility index (Phi) is 8.11. The van der Waals surface area contributed by atoms with Crippen LogP contribution in [0.25, 0.3) is 21.9 Å². The predicted octanol–water partition coefficient (Wildman–Crippen LogP) is 7.98. The Labute approximate surface area is 253 Å². The SMILES string of the molecule is CC(C)(C)OC(=O)N[C@H]1C[C@H]1C[C@@H](CCc1ccc2ccccc2c1)NC(=O)OCC1c2ccccc2-c2ccccc21. The van der Waals surface area contributed by atoms with Crippen LogP contribution in [-0.4, -0.2) is 36.5 Å². The first-order valence-corrected chi connectivity index (χ1v) is 15.3. The number of aryl methyl sites for hydroxylation is 1. The van der Waals surface area contributed by atoms with E-state index in [0.717, 1.165) is 25.7 Å². The van der Waals surface area contributed by atoms with Gasteiger partial charge >= 0.3 is 12.2 Å². The highest BCUT2D eigenvalue weighted by Crippen LogP contribution is 2.44. The summed E-state index contributed by atoms with van der Waals surface area (Å²) in [6, 6.07) is 31.6. The Morgan fingerprint density at radius 1 is 0.837 bits per heavy atom. The first-order valence-electron chi connectivity index (χ1n) is 15.3. The average Bonchev–Trinajstić information content (AvgIpc) is 3.62. The van der Waals surface area contributed by atoms with Crippen molar-refractivity contribution in [1.82, 2.24) is 10.6 Å². The molecule has 222 valence electrons. The van der Waals surface area contributed by atoms with Crippen LogP contribution in [0.15, 0.2) is 91.0 Å². The van der Waals surface area contributed by atoms with E-state index in [1.165, 1.54) is 38.6 Å². The first-order chi connectivity index (χ1) is 20.7. The van der Waals surface area contributed by atoms with Gasteiger partial charge in [-0.25, -0.2) is 9.59 Å². The van der Waals surface area contributed by atoms with Crippen LogP contribution >= 0.6 is 0 Å². The van der Waals surface area contributed by atoms with Crippen molar-refractivity contribution in [2.24, 2.45) is 5.92 Å². The van der Waals surface area contributed by atoms with Crippen LogP contribution in [0.3, 0.4) is 0 Å². The van der Waals surface area contributed by atoms with E-state index in [1.54, 1.807) is 0 Å². The Morgan fingerprint density at radius 3 is 2.19 bits per heavy atom. The standard InChI is InChI=1S/C37H40N2O4/c1-37(2,3)43-36(41)39-34-22-27(34)21-28(19-17-24-16-18-25-10-4-5-11-26(25)20-24)38-35(40)42-23-33-31-14-8-6-12-29(31)30-13-7-9-15-32(30)33/h4-16,18,20,27-28,33-34H,17,19,21-23H2,1-3H3,(H,38,40)(H,39,41)/t27-,28-,34+/m1/s1. The third-order valence-corrected chi connectivity index (χ3v) is 8.47. The molecule has 0 aliphatic heterocycles. The topological polar surface area (TPSA) is 76.7 Å². The number of nitrogens with one attached hydrogen (secondary N) is 2. The number of alkyl carbamates (subject to hydrolysis) is 2. The van der Waals surface area contributed by atoms with E-state index in [1.807, 2.05) is 39.0 Å². The minimum atomic E-state index is -0.539. The number of fused-ring (bicyclic) bond motifs is 4. The lowest BCUT2D eigenvalue weighted by Gasteiger charge is -2.21. The molecule has 1 saturated carbocycles. The molecule has 2 N–H and O–H groups in total. The van der Waals surface area contributed by atoms with Crippen molar-refractivity contribution in [2.75, 3.05) is 6.61 Å². The molecule has 6 nitrogen and oxygen atoms in total. The van der Waals surface area contributed by atoms with Gasteiger partial charge in [-0.15, -0.1) is 0 Å². The van der Waals surface area contributed by atoms with Crippen molar-refractivity contribution in [3.63, 3.8) is 0 Å². The summed E-state index contributed by atoms with van der Waals surface area (Å²) in [7, 11) is 0. The molecule has 2 aliphatic carbocycles. The third-order valence-electron chi connectivity index (χ3n) is 8.47. The fourth-order valence-corrected chi connectivity index (χ4v) is 6.30. The summed E-state index contributed by atoms with van der Waals surface area (Å²) in [6.45, 7) is 5.86. The number of benzene rings is 4. The molecule has 0 unspecified atom stereocenters. The minimum absolute atomic E-state index is 0.0139. The molecule has 6 heteroatoms. The number of amides is 2. The molecule has 0 spiro atoms. The Hall–Kier alpha value is -4.32. The fourth-order valence-electron chi connectivity index (χ4n) is 6.30. The minimum Gasteiger partial charge on any atom is -0.449 e. The number of carbonyl (C=O) groups is 2. The predicted molar refractivity (Wildman–Crippen MR) is 170 cm³/mol. The summed E-state index contributed by atoms with van der Waals surface area (Å²) < 4.78 is 11.3. The van der Waals surface area contributed by atoms with E-state index in [2.05, 4.69) is 83.4 Å². The van der Waals surface area contributed by atoms with E-state index in [9.17, 15) is 9.59 Å². The van der Waals surface area contributed by atoms with Crippen molar-refractivity contribution >= 4 is 23.0 Å². The van der Waals surface area contributed by atoms with Crippen molar-refractivity contribution in [3.8, 4) is 11.1 Å². The monoisotopic (exact) mass is 576 g/mol. The zero-order valence-corrected chi connectivity index (χ0v) is 25.1. The number of hydrogen-bond donors (Lipinski definition) is 2. The van der Waals surface area contributed by atoms with Gasteiger partial charge in [0, 0.05) is 18.0 Å². The van der Waals surface area contributed by atoms with Crippen LogP contribution in [-0.2, 0) is 15.9 Å². The van der Waals surface area contributed by atoms with E-state index < -0.39 is 17.8 Å². The summed E-state index contributed by atoms with van der Waals surface area (Å²) >= 11 is 0. The quantitative estimate of drug-likeness (QED) is 0.212. The molecule has 2 aliphatic rings. The van der Waals surface area contributed by atoms with Crippen LogP contribution < -0.4 is 10.6 Å². The second kappa shape index (κ2) is 12.1. The Morgan fingerprint density at radius 2 is 1.49 bits per heavy atom. The van der Waals surface area contributed by atoms with Gasteiger partial charge < -0.3 is 20.1 Å². The summed E-state index contributed by atoms with van der Waals surface area (Å²) in [6.07, 6.45) is 2.45. The highest BCUT2D eigenvalue weighted by molar-refractivity contribution is 5.83. The molecular formula is C37H40N2O4. The van der Waals surface area contributed by atoms with Crippen LogP contribution in [0.2, 0.25) is 0 Å². The lowest BCUT2D eigenvalue weighted by molar-refractivity contribution is 0.0520. The van der Waals surface area contributed by atoms with Crippen molar-refractivity contribution in [3.05, 3.63) is 108 Å². The maximum absolute atomic E-state index is 13.2. The number of hydrogen-bond acceptors (Lipinski definition) is 4. The lowest BCUT2D eigenvalue weighted by Crippen LogP contribution is -2.38. The molecule has 0 radical (unpaired) electrons. The molecule has 2 amide bonds. The van der Waals surface area contributed by atoms with Gasteiger partial charge in [-0.3, -0.25) is 0 Å². The van der Waals surface area contributed by atoms with Crippen LogP contribution in [0, 0.1) is 5.92 Å². The zero-order chi connectivity index (χ0) is 30.0. The molecule has 1 fully saturated rings. The molecule has 4 aromatic rings. The van der Waals surface area contributed by atoms with E-state index >= 15 is 0 Å². The van der Waals surface area contributed by atoms with Crippen molar-refractivity contribution < 1.29 is 19.1 Å². The van der Waals surface area contributed by atoms with Gasteiger partial charge in [-0.2, -0.15) is 0 Å². The van der Waals surface area contributed by atoms with E-state index in [-0.39, 0.29) is 30.5 Å². The second-order valence-electron chi connectivity index (χ2n) is 12.9. The average molecular weight is 577 g/mol. The second-order valence-corrected chi connectivity index (χ2v) is 12.9. The van der Waals surface area contributed by atoms with Crippen LogP contribution in [0.1, 0.15) is 62.6 Å². The van der Waals surface area contributed by atoms with E-state index in [0.29, 0.717) is 0 Å². The van der Waals surface area contributed by atoms with E-state index in [4.69, 9.17) is 9.47 Å². The molecule has 43 heavy (non-hydrogen) atoms. The number of carbonyl (C=O) groups excluding carboxylic acids is 2. The van der Waals surface area contributed by atoms with Gasteiger partial charge in [0.2, 0.25) is 0 Å². The first kappa shape index (κ1) is 28.8. The molecule has 4 aromatic carbocycles. The van der Waals surface area contributed by atoms with Gasteiger partial charge in [-0.1, -0.05) is 91.0 Å².